The fourth-order valence-corrected chi connectivity index (χ4v) is 2.73. The minimum atomic E-state index is 0.772. The first-order valence-electron chi connectivity index (χ1n) is 8.88. The molecule has 0 aromatic rings. The molecule has 0 aliphatic carbocycles. The highest BCUT2D eigenvalue weighted by Crippen LogP contribution is 2.04. The van der Waals surface area contributed by atoms with Crippen LogP contribution < -0.4 is 5.32 Å². The summed E-state index contributed by atoms with van der Waals surface area (Å²) >= 11 is 0. The number of hydrogen-bond donors (Lipinski definition) is 1. The van der Waals surface area contributed by atoms with Crippen LogP contribution in [0.3, 0.4) is 0 Å². The second-order valence-electron chi connectivity index (χ2n) is 7.15. The Bertz CT molecular complexity index is 235. The molecule has 0 bridgehead atoms. The van der Waals surface area contributed by atoms with Gasteiger partial charge in [-0.3, -0.25) is 4.90 Å². The first kappa shape index (κ1) is 18.9. The second kappa shape index (κ2) is 11.4. The number of nitrogens with zero attached hydrogens (tertiary/aromatic N) is 3. The van der Waals surface area contributed by atoms with Crippen molar-refractivity contribution in [2.24, 2.45) is 5.92 Å². The van der Waals surface area contributed by atoms with Crippen LogP contribution in [-0.4, -0.2) is 87.7 Å². The molecule has 0 atom stereocenters. The molecule has 0 aromatic heterocycles. The number of hydrogen-bond acceptors (Lipinski definition) is 4. The zero-order chi connectivity index (χ0) is 15.5. The second-order valence-corrected chi connectivity index (χ2v) is 7.15. The summed E-state index contributed by atoms with van der Waals surface area (Å²) in [6.07, 6.45) is 4.06. The van der Waals surface area contributed by atoms with Gasteiger partial charge in [0.25, 0.3) is 0 Å². The summed E-state index contributed by atoms with van der Waals surface area (Å²) in [6.45, 7) is 15.6. The van der Waals surface area contributed by atoms with Gasteiger partial charge >= 0.3 is 0 Å². The third-order valence-electron chi connectivity index (χ3n) is 4.21. The standard InChI is InChI=1S/C17H38N4/c1-17(2)16-18-8-6-5-7-9-20-12-14-21(15-13-20)11-10-19(3)4/h17-18H,5-16H2,1-4H3. The van der Waals surface area contributed by atoms with Crippen molar-refractivity contribution >= 4 is 0 Å². The number of rotatable bonds is 11. The Morgan fingerprint density at radius 3 is 2.10 bits per heavy atom. The highest BCUT2D eigenvalue weighted by Gasteiger charge is 2.15. The van der Waals surface area contributed by atoms with Gasteiger partial charge in [-0.1, -0.05) is 20.3 Å². The molecule has 1 aliphatic rings. The third kappa shape index (κ3) is 10.2. The average molecular weight is 299 g/mol. The maximum atomic E-state index is 3.53. The topological polar surface area (TPSA) is 21.8 Å². The van der Waals surface area contributed by atoms with Crippen LogP contribution >= 0.6 is 0 Å². The number of unbranched alkanes of at least 4 members (excludes halogenated alkanes) is 2. The summed E-state index contributed by atoms with van der Waals surface area (Å²) in [5.41, 5.74) is 0. The monoisotopic (exact) mass is 298 g/mol. The van der Waals surface area contributed by atoms with Crippen molar-refractivity contribution in [1.29, 1.82) is 0 Å². The van der Waals surface area contributed by atoms with Gasteiger partial charge in [-0.25, -0.2) is 0 Å². The van der Waals surface area contributed by atoms with Crippen molar-refractivity contribution in [1.82, 2.24) is 20.0 Å². The molecule has 0 amide bonds. The van der Waals surface area contributed by atoms with E-state index in [2.05, 4.69) is 48.0 Å². The SMILES string of the molecule is CC(C)CNCCCCCN1CCN(CCN(C)C)CC1. The molecule has 21 heavy (non-hydrogen) atoms. The van der Waals surface area contributed by atoms with Crippen molar-refractivity contribution < 1.29 is 0 Å². The lowest BCUT2D eigenvalue weighted by Gasteiger charge is -2.35. The molecular formula is C17H38N4. The molecule has 4 heteroatoms. The van der Waals surface area contributed by atoms with Crippen LogP contribution in [-0.2, 0) is 0 Å². The molecule has 0 saturated carbocycles. The van der Waals surface area contributed by atoms with Crippen molar-refractivity contribution in [3.8, 4) is 0 Å². The predicted octanol–water partition coefficient (Wildman–Crippen LogP) is 1.58. The molecule has 0 spiro atoms. The summed E-state index contributed by atoms with van der Waals surface area (Å²) in [4.78, 5) is 7.53. The molecule has 4 nitrogen and oxygen atoms in total. The first-order chi connectivity index (χ1) is 10.1. The van der Waals surface area contributed by atoms with Gasteiger partial charge in [0.15, 0.2) is 0 Å². The van der Waals surface area contributed by atoms with E-state index in [0.29, 0.717) is 0 Å². The largest absolute Gasteiger partial charge is 0.316 e. The Morgan fingerprint density at radius 2 is 1.52 bits per heavy atom. The van der Waals surface area contributed by atoms with Crippen LogP contribution in [0, 0.1) is 5.92 Å². The quantitative estimate of drug-likeness (QED) is 0.585. The predicted molar refractivity (Wildman–Crippen MR) is 93.0 cm³/mol. The van der Waals surface area contributed by atoms with E-state index in [1.807, 2.05) is 0 Å². The maximum absolute atomic E-state index is 3.53. The van der Waals surface area contributed by atoms with Gasteiger partial charge in [0.1, 0.15) is 0 Å². The van der Waals surface area contributed by atoms with E-state index in [4.69, 9.17) is 0 Å². The van der Waals surface area contributed by atoms with Crippen LogP contribution in [0.2, 0.25) is 0 Å². The minimum Gasteiger partial charge on any atom is -0.316 e. The van der Waals surface area contributed by atoms with Crippen LogP contribution in [0.4, 0.5) is 0 Å². The fraction of sp³-hybridized carbons (Fsp3) is 1.00. The lowest BCUT2D eigenvalue weighted by Crippen LogP contribution is -2.48. The van der Waals surface area contributed by atoms with Crippen molar-refractivity contribution in [2.75, 3.05) is 73.0 Å². The molecular weight excluding hydrogens is 260 g/mol. The number of nitrogens with one attached hydrogen (secondary N) is 1. The van der Waals surface area contributed by atoms with E-state index in [-0.39, 0.29) is 0 Å². The van der Waals surface area contributed by atoms with Gasteiger partial charge < -0.3 is 15.1 Å². The van der Waals surface area contributed by atoms with Gasteiger partial charge in [0.2, 0.25) is 0 Å². The minimum absolute atomic E-state index is 0.772. The van der Waals surface area contributed by atoms with Gasteiger partial charge in [-0.15, -0.1) is 0 Å². The highest BCUT2D eigenvalue weighted by atomic mass is 15.3. The summed E-state index contributed by atoms with van der Waals surface area (Å²) in [6, 6.07) is 0. The summed E-state index contributed by atoms with van der Waals surface area (Å²) in [5, 5.41) is 3.53. The molecule has 0 radical (unpaired) electrons. The Labute approximate surface area is 132 Å². The molecule has 1 heterocycles. The third-order valence-corrected chi connectivity index (χ3v) is 4.21. The van der Waals surface area contributed by atoms with Crippen molar-refractivity contribution in [2.45, 2.75) is 33.1 Å². The van der Waals surface area contributed by atoms with Crippen LogP contribution in [0.25, 0.3) is 0 Å². The zero-order valence-corrected chi connectivity index (χ0v) is 14.9. The smallest absolute Gasteiger partial charge is 0.0110 e. The Morgan fingerprint density at radius 1 is 0.905 bits per heavy atom. The molecule has 126 valence electrons. The summed E-state index contributed by atoms with van der Waals surface area (Å²) in [7, 11) is 4.32. The molecule has 0 unspecified atom stereocenters. The van der Waals surface area contributed by atoms with Gasteiger partial charge in [0.05, 0.1) is 0 Å². The number of likely N-dealkylation sites (N-methyl/N-ethyl adjacent to an activating group) is 1. The van der Waals surface area contributed by atoms with Gasteiger partial charge in [-0.2, -0.15) is 0 Å². The number of piperazine rings is 1. The Balaban J connectivity index is 1.91. The molecule has 1 rings (SSSR count). The lowest BCUT2D eigenvalue weighted by molar-refractivity contribution is 0.124. The molecule has 1 fully saturated rings. The zero-order valence-electron chi connectivity index (χ0n) is 14.9. The van der Waals surface area contributed by atoms with E-state index in [1.54, 1.807) is 0 Å². The van der Waals surface area contributed by atoms with Crippen LogP contribution in [0.5, 0.6) is 0 Å². The van der Waals surface area contributed by atoms with E-state index < -0.39 is 0 Å². The summed E-state index contributed by atoms with van der Waals surface area (Å²) < 4.78 is 0. The average Bonchev–Trinajstić information content (AvgIpc) is 2.45. The highest BCUT2D eigenvalue weighted by molar-refractivity contribution is 4.72. The molecule has 1 saturated heterocycles. The fourth-order valence-electron chi connectivity index (χ4n) is 2.73. The van der Waals surface area contributed by atoms with E-state index in [9.17, 15) is 0 Å². The Kier molecular flexibility index (Phi) is 10.3. The maximum Gasteiger partial charge on any atom is 0.0110 e. The van der Waals surface area contributed by atoms with Crippen molar-refractivity contribution in [3.05, 3.63) is 0 Å². The van der Waals surface area contributed by atoms with E-state index >= 15 is 0 Å². The van der Waals surface area contributed by atoms with Gasteiger partial charge in [-0.05, 0) is 52.5 Å². The lowest BCUT2D eigenvalue weighted by atomic mass is 10.2. The van der Waals surface area contributed by atoms with Gasteiger partial charge in [0, 0.05) is 39.3 Å². The van der Waals surface area contributed by atoms with Crippen molar-refractivity contribution in [3.63, 3.8) is 0 Å². The van der Waals surface area contributed by atoms with E-state index in [1.165, 1.54) is 71.6 Å². The van der Waals surface area contributed by atoms with Crippen LogP contribution in [0.15, 0.2) is 0 Å². The van der Waals surface area contributed by atoms with E-state index in [0.717, 1.165) is 12.5 Å². The van der Waals surface area contributed by atoms with Crippen LogP contribution in [0.1, 0.15) is 33.1 Å². The normalized spacial score (nSPS) is 18.0. The summed E-state index contributed by atoms with van der Waals surface area (Å²) in [5.74, 6) is 0.772. The Hall–Kier alpha value is -0.160. The molecule has 1 N–H and O–H groups in total. The molecule has 0 aromatic carbocycles. The molecule has 1 aliphatic heterocycles. The first-order valence-corrected chi connectivity index (χ1v) is 8.88.